The zero-order valence-corrected chi connectivity index (χ0v) is 15.6. The van der Waals surface area contributed by atoms with Crippen molar-refractivity contribution in [3.05, 3.63) is 35.8 Å². The van der Waals surface area contributed by atoms with Gasteiger partial charge in [0.25, 0.3) is 0 Å². The van der Waals surface area contributed by atoms with Crippen LogP contribution in [-0.4, -0.2) is 36.7 Å². The predicted octanol–water partition coefficient (Wildman–Crippen LogP) is 3.55. The molecule has 0 bridgehead atoms. The molecule has 0 saturated heterocycles. The monoisotopic (exact) mass is 352 g/mol. The summed E-state index contributed by atoms with van der Waals surface area (Å²) in [7, 11) is 1.95. The molecule has 6 nitrogen and oxygen atoms in total. The molecule has 0 aromatic carbocycles. The van der Waals surface area contributed by atoms with Gasteiger partial charge in [0.1, 0.15) is 5.52 Å². The number of aryl methyl sites for hydroxylation is 3. The van der Waals surface area contributed by atoms with Gasteiger partial charge in [-0.05, 0) is 32.9 Å². The number of amidine groups is 1. The molecule has 0 spiro atoms. The molecule has 4 rings (SSSR count). The number of fused-ring (bicyclic) bond motifs is 1. The van der Waals surface area contributed by atoms with Gasteiger partial charge in [-0.3, -0.25) is 9.67 Å². The Hall–Kier alpha value is -2.41. The first kappa shape index (κ1) is 16.1. The fourth-order valence-corrected chi connectivity index (χ4v) is 3.91. The number of rotatable bonds is 2. The Morgan fingerprint density at radius 1 is 1.24 bits per heavy atom. The molecule has 1 aliphatic heterocycles. The summed E-state index contributed by atoms with van der Waals surface area (Å²) in [4.78, 5) is 14.0. The Balaban J connectivity index is 1.86. The highest BCUT2D eigenvalue weighted by Crippen LogP contribution is 2.32. The standard InChI is InChI=1S/C18H20N6S/c1-10-5-6-13-14(15-7-11(2)23-24(15)4)8-19-17(16(13)20-10)22-18-21-12(3)9-25-18/h5-8,12H,9H2,1-4H3,(H,19,21,22). The van der Waals surface area contributed by atoms with Gasteiger partial charge in [-0.25, -0.2) is 9.97 Å². The fourth-order valence-electron chi connectivity index (χ4n) is 3.02. The van der Waals surface area contributed by atoms with Gasteiger partial charge in [-0.15, -0.1) is 0 Å². The van der Waals surface area contributed by atoms with Gasteiger partial charge in [0, 0.05) is 35.6 Å². The Kier molecular flexibility index (Phi) is 3.95. The topological polar surface area (TPSA) is 68.0 Å². The maximum atomic E-state index is 4.74. The van der Waals surface area contributed by atoms with Crippen molar-refractivity contribution < 1.29 is 0 Å². The normalized spacial score (nSPS) is 17.1. The summed E-state index contributed by atoms with van der Waals surface area (Å²) in [6, 6.07) is 6.55. The SMILES string of the molecule is Cc1ccc2c(-c3cc(C)nn3C)cnc(NC3=NC(C)CS3)c2n1. The van der Waals surface area contributed by atoms with Gasteiger partial charge in [-0.2, -0.15) is 5.10 Å². The zero-order valence-electron chi connectivity index (χ0n) is 14.7. The van der Waals surface area contributed by atoms with Crippen LogP contribution < -0.4 is 5.32 Å². The van der Waals surface area contributed by atoms with Crippen LogP contribution in [0, 0.1) is 13.8 Å². The number of nitrogens with one attached hydrogen (secondary N) is 1. The Labute approximate surface area is 150 Å². The molecule has 0 saturated carbocycles. The minimum atomic E-state index is 0.338. The highest BCUT2D eigenvalue weighted by atomic mass is 32.2. The average molecular weight is 352 g/mol. The molecule has 1 atom stereocenters. The summed E-state index contributed by atoms with van der Waals surface area (Å²) in [5.74, 6) is 1.75. The molecule has 1 aliphatic rings. The highest BCUT2D eigenvalue weighted by molar-refractivity contribution is 8.14. The Morgan fingerprint density at radius 3 is 2.76 bits per heavy atom. The summed E-state index contributed by atoms with van der Waals surface area (Å²) in [6.07, 6.45) is 1.89. The molecule has 0 radical (unpaired) electrons. The first-order chi connectivity index (χ1) is 12.0. The van der Waals surface area contributed by atoms with Crippen molar-refractivity contribution in [1.82, 2.24) is 19.7 Å². The van der Waals surface area contributed by atoms with Gasteiger partial charge in [0.05, 0.1) is 17.4 Å². The lowest BCUT2D eigenvalue weighted by molar-refractivity contribution is 0.764. The number of nitrogens with zero attached hydrogens (tertiary/aromatic N) is 5. The van der Waals surface area contributed by atoms with Gasteiger partial charge < -0.3 is 5.32 Å². The van der Waals surface area contributed by atoms with Crippen LogP contribution in [0.3, 0.4) is 0 Å². The third-order valence-electron chi connectivity index (χ3n) is 4.17. The van der Waals surface area contributed by atoms with Crippen molar-refractivity contribution in [2.75, 3.05) is 11.1 Å². The summed E-state index contributed by atoms with van der Waals surface area (Å²) < 4.78 is 1.89. The minimum Gasteiger partial charge on any atom is -0.318 e. The maximum absolute atomic E-state index is 4.74. The molecule has 0 fully saturated rings. The molecule has 4 heterocycles. The van der Waals surface area contributed by atoms with Crippen LogP contribution in [0.2, 0.25) is 0 Å². The molecule has 128 valence electrons. The molecule has 7 heteroatoms. The maximum Gasteiger partial charge on any atom is 0.162 e. The fraction of sp³-hybridized carbons (Fsp3) is 0.333. The lowest BCUT2D eigenvalue weighted by Gasteiger charge is -2.12. The second kappa shape index (κ2) is 6.15. The van der Waals surface area contributed by atoms with Crippen LogP contribution >= 0.6 is 11.8 Å². The Bertz CT molecular complexity index is 991. The van der Waals surface area contributed by atoms with Gasteiger partial charge in [0.2, 0.25) is 0 Å². The zero-order chi connectivity index (χ0) is 17.6. The van der Waals surface area contributed by atoms with E-state index < -0.39 is 0 Å². The van der Waals surface area contributed by atoms with Gasteiger partial charge in [0.15, 0.2) is 11.0 Å². The van der Waals surface area contributed by atoms with Gasteiger partial charge in [-0.1, -0.05) is 17.8 Å². The average Bonchev–Trinajstić information content (AvgIpc) is 3.12. The van der Waals surface area contributed by atoms with E-state index in [4.69, 9.17) is 4.98 Å². The van der Waals surface area contributed by atoms with E-state index in [2.05, 4.69) is 39.4 Å². The highest BCUT2D eigenvalue weighted by Gasteiger charge is 2.18. The molecule has 0 aliphatic carbocycles. The third-order valence-corrected chi connectivity index (χ3v) is 5.30. The van der Waals surface area contributed by atoms with Crippen molar-refractivity contribution in [3.8, 4) is 11.3 Å². The molecule has 1 unspecified atom stereocenters. The molecular weight excluding hydrogens is 332 g/mol. The van der Waals surface area contributed by atoms with Crippen molar-refractivity contribution in [1.29, 1.82) is 0 Å². The van der Waals surface area contributed by atoms with E-state index in [9.17, 15) is 0 Å². The summed E-state index contributed by atoms with van der Waals surface area (Å²) >= 11 is 1.72. The molecule has 1 N–H and O–H groups in total. The first-order valence-electron chi connectivity index (χ1n) is 8.26. The van der Waals surface area contributed by atoms with Crippen LogP contribution in [0.5, 0.6) is 0 Å². The number of thioether (sulfide) groups is 1. The lowest BCUT2D eigenvalue weighted by Crippen LogP contribution is -2.08. The minimum absolute atomic E-state index is 0.338. The van der Waals surface area contributed by atoms with E-state index in [0.717, 1.165) is 50.3 Å². The lowest BCUT2D eigenvalue weighted by atomic mass is 10.1. The Morgan fingerprint density at radius 2 is 2.08 bits per heavy atom. The van der Waals surface area contributed by atoms with Crippen LogP contribution in [0.4, 0.5) is 5.82 Å². The van der Waals surface area contributed by atoms with E-state index >= 15 is 0 Å². The number of hydrogen-bond acceptors (Lipinski definition) is 6. The van der Waals surface area contributed by atoms with E-state index in [1.54, 1.807) is 11.8 Å². The predicted molar refractivity (Wildman–Crippen MR) is 104 cm³/mol. The number of aromatic nitrogens is 4. The van der Waals surface area contributed by atoms with Crippen molar-refractivity contribution in [2.45, 2.75) is 26.8 Å². The second-order valence-electron chi connectivity index (χ2n) is 6.38. The van der Waals surface area contributed by atoms with Crippen LogP contribution in [0.15, 0.2) is 29.4 Å². The molecule has 25 heavy (non-hydrogen) atoms. The van der Waals surface area contributed by atoms with Crippen molar-refractivity contribution >= 4 is 33.7 Å². The molecular formula is C18H20N6S. The molecule has 3 aromatic rings. The first-order valence-corrected chi connectivity index (χ1v) is 9.25. The van der Waals surface area contributed by atoms with E-state index in [1.807, 2.05) is 37.8 Å². The third kappa shape index (κ3) is 3.00. The molecule has 0 amide bonds. The van der Waals surface area contributed by atoms with Crippen molar-refractivity contribution in [2.24, 2.45) is 12.0 Å². The van der Waals surface area contributed by atoms with Crippen LogP contribution in [0.25, 0.3) is 22.2 Å². The largest absolute Gasteiger partial charge is 0.318 e. The number of anilines is 1. The van der Waals surface area contributed by atoms with Crippen LogP contribution in [0.1, 0.15) is 18.3 Å². The second-order valence-corrected chi connectivity index (χ2v) is 7.39. The summed E-state index contributed by atoms with van der Waals surface area (Å²) in [6.45, 7) is 6.10. The van der Waals surface area contributed by atoms with E-state index in [-0.39, 0.29) is 0 Å². The summed E-state index contributed by atoms with van der Waals surface area (Å²) in [5.41, 5.74) is 4.88. The van der Waals surface area contributed by atoms with Crippen molar-refractivity contribution in [3.63, 3.8) is 0 Å². The number of hydrogen-bond donors (Lipinski definition) is 1. The van der Waals surface area contributed by atoms with E-state index in [1.165, 1.54) is 0 Å². The summed E-state index contributed by atoms with van der Waals surface area (Å²) in [5, 5.41) is 9.78. The number of pyridine rings is 2. The van der Waals surface area contributed by atoms with Crippen LogP contribution in [-0.2, 0) is 7.05 Å². The molecule has 3 aromatic heterocycles. The quantitative estimate of drug-likeness (QED) is 0.764. The smallest absolute Gasteiger partial charge is 0.162 e. The van der Waals surface area contributed by atoms with E-state index in [0.29, 0.717) is 6.04 Å². The van der Waals surface area contributed by atoms with Gasteiger partial charge >= 0.3 is 0 Å². The number of aliphatic imine (C=N–C) groups is 1.